The minimum absolute atomic E-state index is 0.0354. The quantitative estimate of drug-likeness (QED) is 0.793. The molecule has 1 amide bonds. The molecule has 120 valence electrons. The van der Waals surface area contributed by atoms with Crippen molar-refractivity contribution in [1.82, 2.24) is 10.6 Å². The second-order valence-corrected chi connectivity index (χ2v) is 6.36. The summed E-state index contributed by atoms with van der Waals surface area (Å²) in [5.74, 6) is 2.57. The Morgan fingerprint density at radius 1 is 1.43 bits per heavy atom. The van der Waals surface area contributed by atoms with Crippen LogP contribution in [0.2, 0.25) is 0 Å². The Balaban J connectivity index is 1.53. The van der Waals surface area contributed by atoms with Crippen LogP contribution < -0.4 is 10.6 Å². The highest BCUT2D eigenvalue weighted by Gasteiger charge is 2.38. The lowest BCUT2D eigenvalue weighted by Gasteiger charge is -2.23. The van der Waals surface area contributed by atoms with Gasteiger partial charge in [-0.1, -0.05) is 6.07 Å². The summed E-state index contributed by atoms with van der Waals surface area (Å²) in [7, 11) is 0. The molecule has 2 heterocycles. The molecule has 1 aromatic carbocycles. The van der Waals surface area contributed by atoms with Crippen molar-refractivity contribution in [3.8, 4) is 12.3 Å². The van der Waals surface area contributed by atoms with Gasteiger partial charge in [0.25, 0.3) is 5.91 Å². The maximum Gasteiger partial charge on any atom is 0.251 e. The monoisotopic (exact) mass is 310 g/mol. The van der Waals surface area contributed by atoms with E-state index in [9.17, 15) is 4.79 Å². The van der Waals surface area contributed by atoms with Gasteiger partial charge < -0.3 is 10.6 Å². The lowest BCUT2D eigenvalue weighted by Crippen LogP contribution is -2.33. The average Bonchev–Trinajstić information content (AvgIpc) is 3.32. The van der Waals surface area contributed by atoms with Crippen LogP contribution in [0.5, 0.6) is 0 Å². The third-order valence-corrected chi connectivity index (χ3v) is 4.50. The molecule has 1 aromatic rings. The van der Waals surface area contributed by atoms with E-state index in [1.807, 2.05) is 18.2 Å². The molecule has 23 heavy (non-hydrogen) atoms. The van der Waals surface area contributed by atoms with Gasteiger partial charge in [-0.2, -0.15) is 10.2 Å². The zero-order valence-corrected chi connectivity index (χ0v) is 13.4. The Morgan fingerprint density at radius 2 is 2.26 bits per heavy atom. The highest BCUT2D eigenvalue weighted by atomic mass is 16.1. The molecule has 0 saturated carbocycles. The van der Waals surface area contributed by atoms with Gasteiger partial charge in [0.2, 0.25) is 0 Å². The summed E-state index contributed by atoms with van der Waals surface area (Å²) in [6.45, 7) is 3.60. The van der Waals surface area contributed by atoms with Gasteiger partial charge in [0.1, 0.15) is 0 Å². The van der Waals surface area contributed by atoms with Crippen molar-refractivity contribution >= 4 is 5.91 Å². The number of terminal acetylenes is 1. The Hall–Kier alpha value is -2.19. The molecule has 0 aromatic heterocycles. The molecule has 2 aliphatic heterocycles. The van der Waals surface area contributed by atoms with Gasteiger partial charge >= 0.3 is 0 Å². The molecule has 1 unspecified atom stereocenters. The Kier molecular flexibility index (Phi) is 4.44. The van der Waals surface area contributed by atoms with Crippen molar-refractivity contribution in [3.05, 3.63) is 34.9 Å². The molecule has 5 nitrogen and oxygen atoms in total. The first-order valence-corrected chi connectivity index (χ1v) is 8.13. The molecule has 0 saturated heterocycles. The van der Waals surface area contributed by atoms with Crippen LogP contribution in [0.15, 0.2) is 28.4 Å². The van der Waals surface area contributed by atoms with Gasteiger partial charge in [-0.25, -0.2) is 0 Å². The molecule has 0 bridgehead atoms. The molecule has 2 aliphatic rings. The van der Waals surface area contributed by atoms with E-state index in [0.29, 0.717) is 25.4 Å². The maximum atomic E-state index is 12.3. The summed E-state index contributed by atoms with van der Waals surface area (Å²) < 4.78 is 0. The lowest BCUT2D eigenvalue weighted by molar-refractivity contribution is 0.0951. The minimum atomic E-state index is -0.337. The first-order chi connectivity index (χ1) is 11.1. The number of carbonyl (C=O) groups excluding carboxylic acids is 1. The van der Waals surface area contributed by atoms with Crippen molar-refractivity contribution < 1.29 is 4.79 Å². The molecular formula is C18H22N4O. The van der Waals surface area contributed by atoms with Crippen molar-refractivity contribution in [3.63, 3.8) is 0 Å². The Morgan fingerprint density at radius 3 is 3.00 bits per heavy atom. The van der Waals surface area contributed by atoms with Crippen LogP contribution in [0, 0.1) is 12.3 Å². The molecule has 1 atom stereocenters. The smallest absolute Gasteiger partial charge is 0.251 e. The fourth-order valence-corrected chi connectivity index (χ4v) is 2.96. The van der Waals surface area contributed by atoms with E-state index >= 15 is 0 Å². The first kappa shape index (κ1) is 15.7. The zero-order chi connectivity index (χ0) is 16.3. The van der Waals surface area contributed by atoms with Crippen LogP contribution in [-0.4, -0.2) is 24.2 Å². The van der Waals surface area contributed by atoms with Gasteiger partial charge in [0, 0.05) is 44.0 Å². The summed E-state index contributed by atoms with van der Waals surface area (Å²) in [4.78, 5) is 12.3. The van der Waals surface area contributed by atoms with E-state index in [-0.39, 0.29) is 11.6 Å². The second-order valence-electron chi connectivity index (χ2n) is 6.36. The van der Waals surface area contributed by atoms with Gasteiger partial charge in [0.15, 0.2) is 5.66 Å². The van der Waals surface area contributed by atoms with Crippen LogP contribution in [0.3, 0.4) is 0 Å². The van der Waals surface area contributed by atoms with Crippen molar-refractivity contribution in [2.45, 2.75) is 50.9 Å². The molecule has 0 radical (unpaired) electrons. The number of amides is 1. The summed E-state index contributed by atoms with van der Waals surface area (Å²) >= 11 is 0. The molecular weight excluding hydrogens is 288 g/mol. The van der Waals surface area contributed by atoms with Crippen LogP contribution in [0.1, 0.15) is 47.7 Å². The van der Waals surface area contributed by atoms with E-state index < -0.39 is 0 Å². The number of hydrogen-bond acceptors (Lipinski definition) is 4. The number of hydrogen-bond donors (Lipinski definition) is 2. The highest BCUT2D eigenvalue weighted by molar-refractivity contribution is 5.94. The number of carbonyl (C=O) groups is 1. The van der Waals surface area contributed by atoms with E-state index in [4.69, 9.17) is 6.42 Å². The third-order valence-electron chi connectivity index (χ3n) is 4.50. The van der Waals surface area contributed by atoms with Gasteiger partial charge in [0.05, 0.1) is 0 Å². The van der Waals surface area contributed by atoms with Crippen LogP contribution >= 0.6 is 0 Å². The standard InChI is InChI=1S/C18H22N4O/c1-3-4-7-18(21-22-18)8-9-19-17(23)14-5-6-15-12-20-13(2)10-16(15)11-14/h1,5-6,11,13,20H,4,7-10,12H2,2H3,(H,19,23). The SMILES string of the molecule is C#CCCC1(CCNC(=O)c2ccc3c(c2)CC(C)NC3)N=N1. The first-order valence-electron chi connectivity index (χ1n) is 8.13. The molecule has 0 aliphatic carbocycles. The predicted molar refractivity (Wildman–Crippen MR) is 89.1 cm³/mol. The van der Waals surface area contributed by atoms with Gasteiger partial charge in [-0.3, -0.25) is 4.79 Å². The number of nitrogens with one attached hydrogen (secondary N) is 2. The van der Waals surface area contributed by atoms with E-state index in [1.54, 1.807) is 0 Å². The molecule has 2 N–H and O–H groups in total. The van der Waals surface area contributed by atoms with Crippen LogP contribution in [0.4, 0.5) is 0 Å². The molecule has 3 rings (SSSR count). The minimum Gasteiger partial charge on any atom is -0.352 e. The molecule has 0 fully saturated rings. The van der Waals surface area contributed by atoms with Crippen molar-refractivity contribution in [2.75, 3.05) is 6.54 Å². The van der Waals surface area contributed by atoms with Crippen molar-refractivity contribution in [1.29, 1.82) is 0 Å². The largest absolute Gasteiger partial charge is 0.352 e. The lowest BCUT2D eigenvalue weighted by atomic mass is 9.94. The molecule has 5 heteroatoms. The number of nitrogens with zero attached hydrogens (tertiary/aromatic N) is 2. The normalized spacial score (nSPS) is 20.4. The molecule has 0 spiro atoms. The third kappa shape index (κ3) is 3.77. The number of rotatable bonds is 6. The number of fused-ring (bicyclic) bond motifs is 1. The predicted octanol–water partition coefficient (Wildman–Crippen LogP) is 2.42. The summed E-state index contributed by atoms with van der Waals surface area (Å²) in [5.41, 5.74) is 2.93. The summed E-state index contributed by atoms with van der Waals surface area (Å²) in [6, 6.07) is 6.41. The summed E-state index contributed by atoms with van der Waals surface area (Å²) in [6.07, 6.45) is 8.38. The Bertz CT molecular complexity index is 668. The van der Waals surface area contributed by atoms with E-state index in [1.165, 1.54) is 11.1 Å². The fraction of sp³-hybridized carbons (Fsp3) is 0.500. The van der Waals surface area contributed by atoms with Crippen LogP contribution in [0.25, 0.3) is 0 Å². The van der Waals surface area contributed by atoms with Crippen molar-refractivity contribution in [2.24, 2.45) is 10.2 Å². The van der Waals surface area contributed by atoms with E-state index in [2.05, 4.69) is 33.7 Å². The fourth-order valence-electron chi connectivity index (χ4n) is 2.96. The topological polar surface area (TPSA) is 65.8 Å². The maximum absolute atomic E-state index is 12.3. The van der Waals surface area contributed by atoms with Gasteiger partial charge in [-0.05, 0) is 36.6 Å². The summed E-state index contributed by atoms with van der Waals surface area (Å²) in [5, 5.41) is 14.5. The highest BCUT2D eigenvalue weighted by Crippen LogP contribution is 2.36. The van der Waals surface area contributed by atoms with Gasteiger partial charge in [-0.15, -0.1) is 12.3 Å². The van der Waals surface area contributed by atoms with Crippen LogP contribution in [-0.2, 0) is 13.0 Å². The Labute approximate surface area is 137 Å². The number of benzene rings is 1. The zero-order valence-electron chi connectivity index (χ0n) is 13.4. The average molecular weight is 310 g/mol. The second kappa shape index (κ2) is 6.51. The van der Waals surface area contributed by atoms with E-state index in [0.717, 1.165) is 24.9 Å².